The maximum atomic E-state index is 12.8. The molecule has 0 saturated heterocycles. The molecule has 1 unspecified atom stereocenters. The molecule has 0 fully saturated rings. The topological polar surface area (TPSA) is 61.8 Å². The average Bonchev–Trinajstić information content (AvgIpc) is 3.22. The number of carbonyl (C=O) groups excluding carboxylic acids is 2. The first-order valence-corrected chi connectivity index (χ1v) is 25.9. The van der Waals surface area contributed by atoms with Gasteiger partial charge in [0.2, 0.25) is 0 Å². The van der Waals surface area contributed by atoms with E-state index in [1.807, 2.05) is 0 Å². The first kappa shape index (κ1) is 56.4. The lowest BCUT2D eigenvalue weighted by molar-refractivity contribution is -0.163. The maximum absolute atomic E-state index is 12.8. The number of carbonyl (C=O) groups is 2. The lowest BCUT2D eigenvalue weighted by Crippen LogP contribution is -2.30. The minimum atomic E-state index is -0.533. The van der Waals surface area contributed by atoms with Crippen LogP contribution in [0.15, 0.2) is 24.3 Å². The molecule has 0 aliphatic heterocycles. The van der Waals surface area contributed by atoms with Gasteiger partial charge in [0.25, 0.3) is 0 Å². The van der Waals surface area contributed by atoms with Crippen molar-refractivity contribution in [3.63, 3.8) is 0 Å². The van der Waals surface area contributed by atoms with Gasteiger partial charge in [0, 0.05) is 19.4 Å². The minimum Gasteiger partial charge on any atom is -0.462 e. The molecular weight excluding hydrogens is 717 g/mol. The molecule has 0 aliphatic rings. The van der Waals surface area contributed by atoms with Gasteiger partial charge in [0.15, 0.2) is 6.10 Å². The third-order valence-corrected chi connectivity index (χ3v) is 11.5. The van der Waals surface area contributed by atoms with E-state index in [0.29, 0.717) is 19.4 Å². The Hall–Kier alpha value is -1.62. The van der Waals surface area contributed by atoms with Gasteiger partial charge in [-0.1, -0.05) is 238 Å². The van der Waals surface area contributed by atoms with Crippen LogP contribution in [0.2, 0.25) is 0 Å². The second-order valence-corrected chi connectivity index (χ2v) is 17.4. The van der Waals surface area contributed by atoms with Gasteiger partial charge in [-0.3, -0.25) is 9.59 Å². The highest BCUT2D eigenvalue weighted by atomic mass is 16.6. The number of esters is 2. The van der Waals surface area contributed by atoms with E-state index in [9.17, 15) is 9.59 Å². The van der Waals surface area contributed by atoms with Crippen LogP contribution < -0.4 is 0 Å². The van der Waals surface area contributed by atoms with Crippen molar-refractivity contribution in [3.8, 4) is 0 Å². The van der Waals surface area contributed by atoms with Crippen molar-refractivity contribution in [1.82, 2.24) is 0 Å². The molecule has 0 N–H and O–H groups in total. The van der Waals surface area contributed by atoms with Gasteiger partial charge in [-0.2, -0.15) is 0 Å². The Morgan fingerprint density at radius 2 is 0.724 bits per heavy atom. The Morgan fingerprint density at radius 1 is 0.379 bits per heavy atom. The number of hydrogen-bond acceptors (Lipinski definition) is 5. The van der Waals surface area contributed by atoms with Crippen molar-refractivity contribution >= 4 is 11.9 Å². The van der Waals surface area contributed by atoms with Crippen LogP contribution in [-0.4, -0.2) is 37.9 Å². The Balaban J connectivity index is 4.24. The smallest absolute Gasteiger partial charge is 0.306 e. The van der Waals surface area contributed by atoms with Gasteiger partial charge in [0.05, 0.1) is 6.61 Å². The second kappa shape index (κ2) is 49.7. The largest absolute Gasteiger partial charge is 0.462 e. The fraction of sp³-hybridized carbons (Fsp3) is 0.887. The van der Waals surface area contributed by atoms with Crippen molar-refractivity contribution in [3.05, 3.63) is 24.3 Å². The molecule has 0 aromatic heterocycles. The molecule has 0 aromatic carbocycles. The minimum absolute atomic E-state index is 0.0886. The average molecular weight is 817 g/mol. The highest BCUT2D eigenvalue weighted by Gasteiger charge is 2.17. The molecule has 0 radical (unpaired) electrons. The van der Waals surface area contributed by atoms with Gasteiger partial charge in [-0.05, 0) is 51.4 Å². The number of ether oxygens (including phenoxy) is 3. The van der Waals surface area contributed by atoms with Crippen LogP contribution in [0.4, 0.5) is 0 Å². The van der Waals surface area contributed by atoms with E-state index < -0.39 is 6.10 Å². The molecule has 0 aromatic rings. The third kappa shape index (κ3) is 47.1. The van der Waals surface area contributed by atoms with Crippen molar-refractivity contribution in [2.45, 2.75) is 284 Å². The molecule has 5 heteroatoms. The number of hydrogen-bond donors (Lipinski definition) is 0. The van der Waals surface area contributed by atoms with E-state index in [4.69, 9.17) is 14.2 Å². The molecule has 342 valence electrons. The molecule has 0 bridgehead atoms. The van der Waals surface area contributed by atoms with Crippen molar-refractivity contribution < 1.29 is 23.8 Å². The summed E-state index contributed by atoms with van der Waals surface area (Å²) < 4.78 is 17.4. The molecule has 58 heavy (non-hydrogen) atoms. The molecule has 0 heterocycles. The molecule has 0 spiro atoms. The van der Waals surface area contributed by atoms with Crippen LogP contribution in [0.3, 0.4) is 0 Å². The van der Waals surface area contributed by atoms with E-state index in [1.165, 1.54) is 199 Å². The summed E-state index contributed by atoms with van der Waals surface area (Å²) in [5.41, 5.74) is 0. The van der Waals surface area contributed by atoms with Crippen LogP contribution >= 0.6 is 0 Å². The lowest BCUT2D eigenvalue weighted by Gasteiger charge is -2.18. The van der Waals surface area contributed by atoms with Gasteiger partial charge < -0.3 is 14.2 Å². The quantitative estimate of drug-likeness (QED) is 0.0348. The summed E-state index contributed by atoms with van der Waals surface area (Å²) in [6.45, 7) is 7.83. The number of rotatable bonds is 48. The molecule has 1 atom stereocenters. The summed E-state index contributed by atoms with van der Waals surface area (Å²) in [5.74, 6) is -0.385. The summed E-state index contributed by atoms with van der Waals surface area (Å²) in [5, 5.41) is 0. The molecule has 0 amide bonds. The predicted octanol–water partition coefficient (Wildman–Crippen LogP) is 17.2. The first-order chi connectivity index (χ1) is 28.6. The molecule has 5 nitrogen and oxygen atoms in total. The third-order valence-electron chi connectivity index (χ3n) is 11.5. The van der Waals surface area contributed by atoms with E-state index in [-0.39, 0.29) is 25.2 Å². The van der Waals surface area contributed by atoms with Crippen LogP contribution in [0.25, 0.3) is 0 Å². The Kier molecular flexibility index (Phi) is 48.4. The highest BCUT2D eigenvalue weighted by molar-refractivity contribution is 5.70. The van der Waals surface area contributed by atoms with Crippen molar-refractivity contribution in [2.24, 2.45) is 0 Å². The van der Waals surface area contributed by atoms with E-state index in [2.05, 4.69) is 45.1 Å². The van der Waals surface area contributed by atoms with E-state index >= 15 is 0 Å². The van der Waals surface area contributed by atoms with Crippen molar-refractivity contribution in [1.29, 1.82) is 0 Å². The molecule has 0 aliphatic carbocycles. The molecule has 0 saturated carbocycles. The second-order valence-electron chi connectivity index (χ2n) is 17.4. The summed E-state index contributed by atoms with van der Waals surface area (Å²) in [6.07, 6.45) is 57.5. The summed E-state index contributed by atoms with van der Waals surface area (Å²) in [6, 6.07) is 0. The number of allylic oxidation sites excluding steroid dienone is 4. The zero-order valence-corrected chi connectivity index (χ0v) is 39.3. The standard InChI is InChI=1S/C53H100O5/c1-4-7-10-13-16-19-22-25-26-27-30-33-36-39-42-45-48-56-49-51(58-53(55)47-44-41-38-35-32-29-24-21-18-15-12-9-6-3)50-57-52(54)46-43-40-37-34-31-28-23-20-17-14-11-8-5-2/h16,19,25-26,51H,4-15,17-18,20-24,27-50H2,1-3H3/b19-16-,26-25-. The Morgan fingerprint density at radius 3 is 1.17 bits per heavy atom. The fourth-order valence-electron chi connectivity index (χ4n) is 7.60. The summed E-state index contributed by atoms with van der Waals surface area (Å²) in [4.78, 5) is 25.4. The predicted molar refractivity (Wildman–Crippen MR) is 252 cm³/mol. The van der Waals surface area contributed by atoms with E-state index in [1.54, 1.807) is 0 Å². The Bertz CT molecular complexity index is 882. The lowest BCUT2D eigenvalue weighted by atomic mass is 10.0. The molecular formula is C53H100O5. The highest BCUT2D eigenvalue weighted by Crippen LogP contribution is 2.16. The van der Waals surface area contributed by atoms with Gasteiger partial charge in [-0.25, -0.2) is 0 Å². The van der Waals surface area contributed by atoms with E-state index in [0.717, 1.165) is 44.9 Å². The van der Waals surface area contributed by atoms with Gasteiger partial charge >= 0.3 is 11.9 Å². The van der Waals surface area contributed by atoms with Crippen molar-refractivity contribution in [2.75, 3.05) is 19.8 Å². The first-order valence-electron chi connectivity index (χ1n) is 25.9. The fourth-order valence-corrected chi connectivity index (χ4v) is 7.60. The zero-order chi connectivity index (χ0) is 42.1. The van der Waals surface area contributed by atoms with Crippen LogP contribution in [-0.2, 0) is 23.8 Å². The van der Waals surface area contributed by atoms with Gasteiger partial charge in [0.1, 0.15) is 6.61 Å². The SMILES string of the molecule is CCCCC/C=C\C/C=C\CCCCCCCCOCC(COC(=O)CCCCCCCCCCCCCCC)OC(=O)CCCCCCCCCCCCCCC. The zero-order valence-electron chi connectivity index (χ0n) is 39.3. The Labute approximate surface area is 362 Å². The maximum Gasteiger partial charge on any atom is 0.306 e. The van der Waals surface area contributed by atoms with Gasteiger partial charge in [-0.15, -0.1) is 0 Å². The van der Waals surface area contributed by atoms with Crippen LogP contribution in [0.5, 0.6) is 0 Å². The number of unbranched alkanes of at least 4 members (excludes halogenated alkanes) is 33. The molecule has 0 rings (SSSR count). The normalized spacial score (nSPS) is 12.3. The van der Waals surface area contributed by atoms with Crippen LogP contribution in [0, 0.1) is 0 Å². The van der Waals surface area contributed by atoms with Crippen LogP contribution in [0.1, 0.15) is 278 Å². The summed E-state index contributed by atoms with van der Waals surface area (Å²) >= 11 is 0. The summed E-state index contributed by atoms with van der Waals surface area (Å²) in [7, 11) is 0. The monoisotopic (exact) mass is 817 g/mol.